The molecule has 1 saturated heterocycles. The summed E-state index contributed by atoms with van der Waals surface area (Å²) in [5.74, 6) is 0.0472. The highest BCUT2D eigenvalue weighted by atomic mass is 16.4. The molecule has 21 heavy (non-hydrogen) atoms. The number of carbonyl (C=O) groups is 1. The molecule has 1 atom stereocenters. The summed E-state index contributed by atoms with van der Waals surface area (Å²) in [7, 11) is 1.92. The Morgan fingerprint density at radius 1 is 1.52 bits per heavy atom. The SMILES string of the molecule is CN(c1ncnc2[nH]ccc12)N1CCCC(C)(C(=O)O)C1. The number of fused-ring (bicyclic) bond motifs is 1. The van der Waals surface area contributed by atoms with E-state index >= 15 is 0 Å². The van der Waals surface area contributed by atoms with Crippen molar-refractivity contribution in [2.45, 2.75) is 19.8 Å². The van der Waals surface area contributed by atoms with Crippen LogP contribution in [0.3, 0.4) is 0 Å². The molecule has 0 bridgehead atoms. The lowest BCUT2D eigenvalue weighted by molar-refractivity contribution is -0.151. The average molecular weight is 289 g/mol. The molecule has 2 aromatic rings. The van der Waals surface area contributed by atoms with Crippen LogP contribution in [0.5, 0.6) is 0 Å². The fraction of sp³-hybridized carbons (Fsp3) is 0.500. The number of hydrogen-bond acceptors (Lipinski definition) is 5. The number of hydrazine groups is 1. The number of hydrogen-bond donors (Lipinski definition) is 2. The van der Waals surface area contributed by atoms with Gasteiger partial charge >= 0.3 is 5.97 Å². The van der Waals surface area contributed by atoms with Crippen molar-refractivity contribution in [1.29, 1.82) is 0 Å². The Labute approximate surface area is 122 Å². The Bertz CT molecular complexity index is 670. The van der Waals surface area contributed by atoms with E-state index in [0.29, 0.717) is 13.0 Å². The topological polar surface area (TPSA) is 85.4 Å². The number of piperidine rings is 1. The van der Waals surface area contributed by atoms with Crippen LogP contribution in [0.2, 0.25) is 0 Å². The quantitative estimate of drug-likeness (QED) is 0.890. The number of nitrogens with one attached hydrogen (secondary N) is 1. The molecule has 0 saturated carbocycles. The second-order valence-electron chi connectivity index (χ2n) is 5.82. The number of carboxylic acid groups (broad SMARTS) is 1. The van der Waals surface area contributed by atoms with Crippen molar-refractivity contribution in [1.82, 2.24) is 20.0 Å². The summed E-state index contributed by atoms with van der Waals surface area (Å²) in [6.07, 6.45) is 4.91. The van der Waals surface area contributed by atoms with Gasteiger partial charge in [-0.25, -0.2) is 15.0 Å². The number of anilines is 1. The minimum Gasteiger partial charge on any atom is -0.481 e. The van der Waals surface area contributed by atoms with Crippen LogP contribution in [0.15, 0.2) is 18.6 Å². The normalized spacial score (nSPS) is 23.3. The molecule has 0 amide bonds. The molecule has 3 rings (SSSR count). The highest BCUT2D eigenvalue weighted by Crippen LogP contribution is 2.32. The summed E-state index contributed by atoms with van der Waals surface area (Å²) < 4.78 is 0. The van der Waals surface area contributed by atoms with Crippen molar-refractivity contribution < 1.29 is 9.90 Å². The summed E-state index contributed by atoms with van der Waals surface area (Å²) in [5.41, 5.74) is 0.0708. The minimum absolute atomic E-state index is 0.481. The predicted molar refractivity (Wildman–Crippen MR) is 78.8 cm³/mol. The van der Waals surface area contributed by atoms with Crippen LogP contribution >= 0.6 is 0 Å². The van der Waals surface area contributed by atoms with E-state index in [9.17, 15) is 9.90 Å². The van der Waals surface area contributed by atoms with Gasteiger partial charge in [0.2, 0.25) is 0 Å². The van der Waals surface area contributed by atoms with E-state index in [1.54, 1.807) is 6.92 Å². The van der Waals surface area contributed by atoms with E-state index in [1.165, 1.54) is 6.33 Å². The van der Waals surface area contributed by atoms with Crippen molar-refractivity contribution in [2.75, 3.05) is 25.1 Å². The maximum Gasteiger partial charge on any atom is 0.310 e. The van der Waals surface area contributed by atoms with Gasteiger partial charge in [-0.2, -0.15) is 0 Å². The van der Waals surface area contributed by atoms with E-state index in [0.717, 1.165) is 29.8 Å². The van der Waals surface area contributed by atoms with Gasteiger partial charge in [-0.15, -0.1) is 0 Å². The van der Waals surface area contributed by atoms with Crippen LogP contribution in [0.1, 0.15) is 19.8 Å². The van der Waals surface area contributed by atoms with Crippen molar-refractivity contribution in [2.24, 2.45) is 5.41 Å². The lowest BCUT2D eigenvalue weighted by atomic mass is 9.82. The maximum absolute atomic E-state index is 11.5. The highest BCUT2D eigenvalue weighted by Gasteiger charge is 2.39. The zero-order chi connectivity index (χ0) is 15.0. The van der Waals surface area contributed by atoms with E-state index in [-0.39, 0.29) is 0 Å². The summed E-state index contributed by atoms with van der Waals surface area (Å²) in [5, 5.41) is 14.4. The number of rotatable bonds is 3. The Kier molecular flexibility index (Phi) is 3.29. The lowest BCUT2D eigenvalue weighted by Crippen LogP contribution is -2.52. The average Bonchev–Trinajstić information content (AvgIpc) is 2.94. The molecule has 2 N–H and O–H groups in total. The summed E-state index contributed by atoms with van der Waals surface area (Å²) >= 11 is 0. The Hall–Kier alpha value is -2.15. The van der Waals surface area contributed by atoms with E-state index in [4.69, 9.17) is 0 Å². The third-order valence-corrected chi connectivity index (χ3v) is 4.26. The first-order valence-electron chi connectivity index (χ1n) is 7.01. The Balaban J connectivity index is 1.89. The number of aliphatic carboxylic acids is 1. The molecule has 7 heteroatoms. The molecular formula is C14H19N5O2. The van der Waals surface area contributed by atoms with Crippen molar-refractivity contribution >= 4 is 22.8 Å². The number of nitrogens with zero attached hydrogens (tertiary/aromatic N) is 4. The molecular weight excluding hydrogens is 270 g/mol. The molecule has 0 radical (unpaired) electrons. The fourth-order valence-electron chi connectivity index (χ4n) is 2.89. The third kappa shape index (κ3) is 2.33. The number of H-pyrrole nitrogens is 1. The standard InChI is InChI=1S/C14H19N5O2/c1-14(13(20)21)5-3-7-19(8-14)18(2)12-10-4-6-15-11(10)16-9-17-12/h4,6,9H,3,5,7-8H2,1-2H3,(H,20,21)(H,15,16,17). The van der Waals surface area contributed by atoms with Crippen LogP contribution in [0.4, 0.5) is 5.82 Å². The monoisotopic (exact) mass is 289 g/mol. The van der Waals surface area contributed by atoms with Gasteiger partial charge in [0.25, 0.3) is 0 Å². The van der Waals surface area contributed by atoms with Gasteiger partial charge < -0.3 is 10.1 Å². The number of aromatic nitrogens is 3. The first-order chi connectivity index (χ1) is 10.0. The second-order valence-corrected chi connectivity index (χ2v) is 5.82. The first kappa shape index (κ1) is 13.8. The molecule has 1 aliphatic rings. The predicted octanol–water partition coefficient (Wildman–Crippen LogP) is 1.50. The highest BCUT2D eigenvalue weighted by molar-refractivity contribution is 5.86. The maximum atomic E-state index is 11.5. The van der Waals surface area contributed by atoms with Crippen LogP contribution in [0.25, 0.3) is 11.0 Å². The van der Waals surface area contributed by atoms with Crippen molar-refractivity contribution in [3.8, 4) is 0 Å². The smallest absolute Gasteiger partial charge is 0.310 e. The molecule has 112 valence electrons. The van der Waals surface area contributed by atoms with Gasteiger partial charge in [-0.1, -0.05) is 0 Å². The van der Waals surface area contributed by atoms with Crippen LogP contribution < -0.4 is 5.01 Å². The molecule has 1 aliphatic heterocycles. The molecule has 1 fully saturated rings. The second kappa shape index (κ2) is 5.00. The largest absolute Gasteiger partial charge is 0.481 e. The molecule has 0 aromatic carbocycles. The minimum atomic E-state index is -0.741. The fourth-order valence-corrected chi connectivity index (χ4v) is 2.89. The third-order valence-electron chi connectivity index (χ3n) is 4.26. The number of carboxylic acids is 1. The first-order valence-corrected chi connectivity index (χ1v) is 7.01. The Morgan fingerprint density at radius 3 is 3.10 bits per heavy atom. The molecule has 1 unspecified atom stereocenters. The van der Waals surface area contributed by atoms with Gasteiger partial charge in [-0.3, -0.25) is 9.80 Å². The van der Waals surface area contributed by atoms with Gasteiger partial charge in [0.05, 0.1) is 10.8 Å². The molecule has 0 aliphatic carbocycles. The van der Waals surface area contributed by atoms with Crippen LogP contribution in [0, 0.1) is 5.41 Å². The van der Waals surface area contributed by atoms with Crippen molar-refractivity contribution in [3.63, 3.8) is 0 Å². The van der Waals surface area contributed by atoms with E-state index < -0.39 is 11.4 Å². The van der Waals surface area contributed by atoms with E-state index in [2.05, 4.69) is 15.0 Å². The van der Waals surface area contributed by atoms with E-state index in [1.807, 2.05) is 29.3 Å². The zero-order valence-electron chi connectivity index (χ0n) is 12.2. The Morgan fingerprint density at radius 2 is 2.33 bits per heavy atom. The van der Waals surface area contributed by atoms with Crippen LogP contribution in [-0.4, -0.2) is 51.2 Å². The zero-order valence-corrected chi connectivity index (χ0v) is 12.2. The molecule has 2 aromatic heterocycles. The molecule has 0 spiro atoms. The lowest BCUT2D eigenvalue weighted by Gasteiger charge is -2.42. The summed E-state index contributed by atoms with van der Waals surface area (Å²) in [6, 6.07) is 1.93. The van der Waals surface area contributed by atoms with Crippen LogP contribution in [-0.2, 0) is 4.79 Å². The van der Waals surface area contributed by atoms with Gasteiger partial charge in [0, 0.05) is 26.3 Å². The molecule has 3 heterocycles. The van der Waals surface area contributed by atoms with Crippen molar-refractivity contribution in [3.05, 3.63) is 18.6 Å². The van der Waals surface area contributed by atoms with Gasteiger partial charge in [0.15, 0.2) is 5.82 Å². The van der Waals surface area contributed by atoms with Gasteiger partial charge in [-0.05, 0) is 25.8 Å². The molecule has 7 nitrogen and oxygen atoms in total. The number of aromatic amines is 1. The van der Waals surface area contributed by atoms with Gasteiger partial charge in [0.1, 0.15) is 12.0 Å². The summed E-state index contributed by atoms with van der Waals surface area (Å²) in [6.45, 7) is 3.12. The summed E-state index contributed by atoms with van der Waals surface area (Å²) in [4.78, 5) is 23.1.